The Morgan fingerprint density at radius 1 is 1.15 bits per heavy atom. The van der Waals surface area contributed by atoms with Gasteiger partial charge in [0.05, 0.1) is 15.5 Å². The first-order chi connectivity index (χ1) is 12.5. The summed E-state index contributed by atoms with van der Waals surface area (Å²) in [4.78, 5) is 0.00697. The van der Waals surface area contributed by atoms with Gasteiger partial charge in [-0.15, -0.1) is 9.93 Å². The molecule has 27 heavy (non-hydrogen) atoms. The van der Waals surface area contributed by atoms with Crippen LogP contribution in [0.3, 0.4) is 0 Å². The molecule has 0 unspecified atom stereocenters. The first-order valence-electron chi connectivity index (χ1n) is 7.66. The lowest BCUT2D eigenvalue weighted by molar-refractivity contribution is 0.324. The van der Waals surface area contributed by atoms with Crippen LogP contribution in [0.2, 0.25) is 0 Å². The van der Waals surface area contributed by atoms with Gasteiger partial charge in [0, 0.05) is 0 Å². The molecular weight excluding hydrogens is 392 g/mol. The van der Waals surface area contributed by atoms with E-state index in [1.165, 1.54) is 24.3 Å². The van der Waals surface area contributed by atoms with Gasteiger partial charge in [-0.25, -0.2) is 5.84 Å². The second kappa shape index (κ2) is 6.49. The van der Waals surface area contributed by atoms with E-state index in [4.69, 9.17) is 11.6 Å². The average Bonchev–Trinajstić information content (AvgIpc) is 2.79. The van der Waals surface area contributed by atoms with Gasteiger partial charge in [0.2, 0.25) is 5.96 Å². The molecule has 0 aromatic heterocycles. The molecule has 0 spiro atoms. The van der Waals surface area contributed by atoms with Crippen molar-refractivity contribution in [2.45, 2.75) is 23.6 Å². The van der Waals surface area contributed by atoms with Crippen LogP contribution in [0, 0.1) is 13.8 Å². The molecule has 5 N–H and O–H groups in total. The first kappa shape index (κ1) is 19.1. The van der Waals surface area contributed by atoms with Crippen molar-refractivity contribution in [2.24, 2.45) is 16.0 Å². The number of aryl methyl sites for hydroxylation is 2. The third-order valence-corrected chi connectivity index (χ3v) is 6.82. The quantitative estimate of drug-likeness (QED) is 0.278. The maximum Gasteiger partial charge on any atom is 0.285 e. The molecule has 0 saturated heterocycles. The molecule has 1 heterocycles. The molecule has 2 aromatic carbocycles. The van der Waals surface area contributed by atoms with E-state index >= 15 is 0 Å². The van der Waals surface area contributed by atoms with E-state index in [1.807, 2.05) is 6.92 Å². The Labute approximate surface area is 157 Å². The summed E-state index contributed by atoms with van der Waals surface area (Å²) in [6.45, 7) is 3.53. The number of anilines is 1. The molecule has 1 aliphatic heterocycles. The minimum Gasteiger partial charge on any atom is -0.367 e. The van der Waals surface area contributed by atoms with Crippen LogP contribution < -0.4 is 21.5 Å². The molecule has 10 nitrogen and oxygen atoms in total. The number of nitrogens with two attached hydrogens (primary N) is 2. The lowest BCUT2D eigenvalue weighted by atomic mass is 10.2. The van der Waals surface area contributed by atoms with Crippen molar-refractivity contribution < 1.29 is 16.8 Å². The molecular formula is C15H18N6O4S2. The molecule has 3 rings (SSSR count). The number of benzene rings is 2. The molecule has 1 aliphatic rings. The number of nitrogens with one attached hydrogen (secondary N) is 1. The SMILES string of the molecule is Cc1ccc(S(=O)(=O)/N=C(\N)N(N)NN2c3cc(ccc3C)S2(=O)=O)cc1. The molecule has 2 aromatic rings. The topological polar surface area (TPSA) is 151 Å². The zero-order valence-electron chi connectivity index (χ0n) is 14.5. The van der Waals surface area contributed by atoms with Crippen LogP contribution in [0.25, 0.3) is 0 Å². The molecule has 12 heteroatoms. The second-order valence-electron chi connectivity index (χ2n) is 5.93. The zero-order chi connectivity index (χ0) is 20.0. The van der Waals surface area contributed by atoms with Gasteiger partial charge in [0.15, 0.2) is 0 Å². The zero-order valence-corrected chi connectivity index (χ0v) is 16.1. The van der Waals surface area contributed by atoms with Crippen LogP contribution in [0.15, 0.2) is 56.7 Å². The Balaban J connectivity index is 1.85. The van der Waals surface area contributed by atoms with Gasteiger partial charge >= 0.3 is 0 Å². The summed E-state index contributed by atoms with van der Waals surface area (Å²) < 4.78 is 53.8. The Morgan fingerprint density at radius 3 is 2.41 bits per heavy atom. The molecule has 0 amide bonds. The summed E-state index contributed by atoms with van der Waals surface area (Å²) in [6.07, 6.45) is 0. The van der Waals surface area contributed by atoms with E-state index < -0.39 is 26.0 Å². The third-order valence-electron chi connectivity index (χ3n) is 3.92. The Morgan fingerprint density at radius 2 is 1.78 bits per heavy atom. The number of rotatable bonds is 4. The Bertz CT molecular complexity index is 1130. The molecule has 0 atom stereocenters. The summed E-state index contributed by atoms with van der Waals surface area (Å²) in [5, 5.41) is 0.526. The van der Waals surface area contributed by atoms with Crippen molar-refractivity contribution in [3.05, 3.63) is 53.6 Å². The summed E-state index contributed by atoms with van der Waals surface area (Å²) in [5.74, 6) is 5.05. The normalized spacial score (nSPS) is 15.8. The highest BCUT2D eigenvalue weighted by Crippen LogP contribution is 2.34. The van der Waals surface area contributed by atoms with Crippen molar-refractivity contribution >= 4 is 31.7 Å². The lowest BCUT2D eigenvalue weighted by Gasteiger charge is -2.26. The van der Waals surface area contributed by atoms with Gasteiger partial charge in [-0.05, 0) is 43.7 Å². The minimum atomic E-state index is -4.12. The number of fused-ring (bicyclic) bond motifs is 2. The predicted molar refractivity (Wildman–Crippen MR) is 100.0 cm³/mol. The fourth-order valence-corrected chi connectivity index (χ4v) is 4.67. The molecule has 0 radical (unpaired) electrons. The maximum atomic E-state index is 12.4. The van der Waals surface area contributed by atoms with Crippen LogP contribution in [0.5, 0.6) is 0 Å². The van der Waals surface area contributed by atoms with Crippen LogP contribution in [0.1, 0.15) is 11.1 Å². The Kier molecular flexibility index (Phi) is 4.59. The van der Waals surface area contributed by atoms with E-state index in [-0.39, 0.29) is 9.79 Å². The highest BCUT2D eigenvalue weighted by molar-refractivity contribution is 7.93. The summed E-state index contributed by atoms with van der Waals surface area (Å²) in [6, 6.07) is 10.6. The molecule has 0 saturated carbocycles. The smallest absolute Gasteiger partial charge is 0.285 e. The Hall–Kier alpha value is -2.67. The standard InChI is InChI=1S/C15H18N6O4S2/c1-10-3-6-12(7-4-10)26(22,23)18-15(16)20(17)19-21-14-9-13(27(21,24)25)8-5-11(14)2/h3-9,19H,17H2,1-2H3,(H2,16,18). The number of guanidine groups is 1. The van der Waals surface area contributed by atoms with Gasteiger partial charge in [-0.2, -0.15) is 26.4 Å². The number of hydrogen-bond acceptors (Lipinski definition) is 6. The highest BCUT2D eigenvalue weighted by Gasteiger charge is 2.35. The highest BCUT2D eigenvalue weighted by atomic mass is 32.2. The van der Waals surface area contributed by atoms with Crippen LogP contribution in [-0.2, 0) is 20.0 Å². The van der Waals surface area contributed by atoms with Gasteiger partial charge in [-0.3, -0.25) is 0 Å². The van der Waals surface area contributed by atoms with Gasteiger partial charge in [0.1, 0.15) is 0 Å². The van der Waals surface area contributed by atoms with Crippen molar-refractivity contribution in [1.29, 1.82) is 0 Å². The summed E-state index contributed by atoms with van der Waals surface area (Å²) in [7, 11) is -7.99. The van der Waals surface area contributed by atoms with E-state index in [9.17, 15) is 16.8 Å². The van der Waals surface area contributed by atoms with Gasteiger partial charge in [0.25, 0.3) is 20.0 Å². The van der Waals surface area contributed by atoms with Gasteiger partial charge < -0.3 is 5.73 Å². The van der Waals surface area contributed by atoms with Crippen LogP contribution >= 0.6 is 0 Å². The average molecular weight is 410 g/mol. The van der Waals surface area contributed by atoms with E-state index in [0.717, 1.165) is 9.98 Å². The van der Waals surface area contributed by atoms with Crippen molar-refractivity contribution in [1.82, 2.24) is 10.7 Å². The second-order valence-corrected chi connectivity index (χ2v) is 9.32. The predicted octanol–water partition coefficient (Wildman–Crippen LogP) is 0.111. The first-order valence-corrected chi connectivity index (χ1v) is 10.5. The number of sulfonamides is 2. The number of nitrogens with zero attached hydrogens (tertiary/aromatic N) is 3. The van der Waals surface area contributed by atoms with Crippen molar-refractivity contribution in [3.8, 4) is 0 Å². The van der Waals surface area contributed by atoms with Crippen LogP contribution in [0.4, 0.5) is 5.69 Å². The number of hydrazine groups is 3. The van der Waals surface area contributed by atoms with E-state index in [1.54, 1.807) is 25.1 Å². The summed E-state index contributed by atoms with van der Waals surface area (Å²) in [5.41, 5.74) is 9.88. The maximum absolute atomic E-state index is 12.4. The van der Waals surface area contributed by atoms with Crippen molar-refractivity contribution in [3.63, 3.8) is 0 Å². The largest absolute Gasteiger partial charge is 0.367 e. The minimum absolute atomic E-state index is 0.0688. The number of hydrogen-bond donors (Lipinski definition) is 3. The van der Waals surface area contributed by atoms with Crippen molar-refractivity contribution in [2.75, 3.05) is 4.41 Å². The van der Waals surface area contributed by atoms with E-state index in [0.29, 0.717) is 16.4 Å². The monoisotopic (exact) mass is 410 g/mol. The fourth-order valence-electron chi connectivity index (χ4n) is 2.39. The molecule has 2 bridgehead atoms. The van der Waals surface area contributed by atoms with Crippen LogP contribution in [-0.4, -0.2) is 27.9 Å². The fraction of sp³-hybridized carbons (Fsp3) is 0.133. The third kappa shape index (κ3) is 3.47. The summed E-state index contributed by atoms with van der Waals surface area (Å²) >= 11 is 0. The molecule has 144 valence electrons. The van der Waals surface area contributed by atoms with Gasteiger partial charge in [-0.1, -0.05) is 23.8 Å². The van der Waals surface area contributed by atoms with E-state index in [2.05, 4.69) is 9.93 Å². The molecule has 0 aliphatic carbocycles. The molecule has 0 fully saturated rings. The lowest BCUT2D eigenvalue weighted by Crippen LogP contribution is -2.59.